The lowest BCUT2D eigenvalue weighted by Crippen LogP contribution is -2.61. The normalized spacial score (nSPS) is 53.0. The predicted molar refractivity (Wildman–Crippen MR) is 367 cm³/mol. The van der Waals surface area contributed by atoms with Gasteiger partial charge in [0, 0.05) is 116 Å². The van der Waals surface area contributed by atoms with Crippen molar-refractivity contribution in [2.45, 2.75) is 388 Å². The minimum absolute atomic E-state index is 0.00458. The molecule has 2 spiro atoms. The minimum atomic E-state index is -0.909. The van der Waals surface area contributed by atoms with Gasteiger partial charge in [0.05, 0.1) is 134 Å². The van der Waals surface area contributed by atoms with Crippen LogP contribution in [0.1, 0.15) is 181 Å². The second-order valence-electron chi connectivity index (χ2n) is 35.0. The molecule has 20 fully saturated rings. The average Bonchev–Trinajstić information content (AvgIpc) is 1.56. The fourth-order valence-corrected chi connectivity index (χ4v) is 23.0. The summed E-state index contributed by atoms with van der Waals surface area (Å²) >= 11 is 0. The van der Waals surface area contributed by atoms with Gasteiger partial charge in [0.15, 0.2) is 11.6 Å². The molecule has 24 bridgehead atoms. The Hall–Kier alpha value is -2.54. The fourth-order valence-electron chi connectivity index (χ4n) is 23.0. The number of fused-ring (bicyclic) bond motifs is 12. The molecule has 20 aliphatic rings. The lowest BCUT2D eigenvalue weighted by molar-refractivity contribution is -0.292. The topological polar surface area (TPSA) is 253 Å². The zero-order valence-corrected chi connectivity index (χ0v) is 61.0. The number of carbonyl (C=O) groups excluding carboxylic acids is 2. The van der Waals surface area contributed by atoms with Crippen molar-refractivity contribution >= 4 is 11.6 Å². The molecule has 0 saturated carbocycles. The first-order valence-corrected chi connectivity index (χ1v) is 40.2. The smallest absolute Gasteiger partial charge is 0.172 e. The summed E-state index contributed by atoms with van der Waals surface area (Å²) in [5, 5.41) is 27.4. The van der Waals surface area contributed by atoms with Crippen LogP contribution in [0.5, 0.6) is 0 Å². The first kappa shape index (κ1) is 72.0. The number of ketones is 2. The van der Waals surface area contributed by atoms with E-state index in [0.717, 1.165) is 99.3 Å². The molecule has 20 saturated heterocycles. The second kappa shape index (κ2) is 29.0. The van der Waals surface area contributed by atoms with Gasteiger partial charge < -0.3 is 101 Å². The van der Waals surface area contributed by atoms with Crippen LogP contribution in [0.4, 0.5) is 0 Å². The lowest BCUT2D eigenvalue weighted by atomic mass is 9.81. The number of aliphatic hydroxyl groups excluding tert-OH is 2. The molecule has 0 aromatic carbocycles. The van der Waals surface area contributed by atoms with E-state index in [1.165, 1.54) is 0 Å². The van der Waals surface area contributed by atoms with Crippen molar-refractivity contribution in [1.82, 2.24) is 5.32 Å². The largest absolute Gasteiger partial charge is 0.392 e. The third-order valence-electron chi connectivity index (χ3n) is 28.2. The molecule has 0 unspecified atom stereocenters. The Balaban J connectivity index is 0.537. The molecule has 20 heterocycles. The van der Waals surface area contributed by atoms with Crippen LogP contribution >= 0.6 is 0 Å². The Labute approximate surface area is 606 Å². The van der Waals surface area contributed by atoms with Gasteiger partial charge in [-0.05, 0) is 124 Å². The minimum Gasteiger partial charge on any atom is -0.392 e. The van der Waals surface area contributed by atoms with E-state index < -0.39 is 84.8 Å². The fraction of sp³-hybridized carbons (Fsp3) is 0.875. The van der Waals surface area contributed by atoms with E-state index >= 15 is 0 Å². The molecule has 0 aliphatic carbocycles. The van der Waals surface area contributed by atoms with Crippen LogP contribution in [0, 0.1) is 23.7 Å². The predicted octanol–water partition coefficient (Wildman–Crippen LogP) is 7.56. The maximum atomic E-state index is 14.8. The Kier molecular flexibility index (Phi) is 20.3. The first-order chi connectivity index (χ1) is 49.8. The van der Waals surface area contributed by atoms with Crippen LogP contribution in [0.15, 0.2) is 48.6 Å². The summed E-state index contributed by atoms with van der Waals surface area (Å²) in [5.74, 6) is -1.91. The van der Waals surface area contributed by atoms with Gasteiger partial charge in [0.2, 0.25) is 0 Å². The van der Waals surface area contributed by atoms with Gasteiger partial charge in [-0.15, -0.1) is 0 Å². The van der Waals surface area contributed by atoms with Crippen LogP contribution in [0.25, 0.3) is 0 Å². The molecule has 103 heavy (non-hydrogen) atoms. The molecule has 3 N–H and O–H groups in total. The number of hydrogen-bond donors (Lipinski definition) is 3. The summed E-state index contributed by atoms with van der Waals surface area (Å²) in [6.45, 7) is 22.9. The number of nitrogens with one attached hydrogen (secondary N) is 1. The number of Topliss-reactive ketones (excluding diaryl/α,β-unsaturated/α-hetero) is 2. The monoisotopic (exact) mass is 1440 g/mol. The summed E-state index contributed by atoms with van der Waals surface area (Å²) in [4.78, 5) is 29.5. The van der Waals surface area contributed by atoms with Crippen molar-refractivity contribution < 1.29 is 105 Å². The highest BCUT2D eigenvalue weighted by Crippen LogP contribution is 2.57. The molecule has 0 aromatic heterocycles. The van der Waals surface area contributed by atoms with Crippen LogP contribution in [0.3, 0.4) is 0 Å². The molecule has 23 heteroatoms. The molecule has 38 atom stereocenters. The van der Waals surface area contributed by atoms with Gasteiger partial charge in [-0.2, -0.15) is 0 Å². The average molecular weight is 1440 g/mol. The molecule has 0 aromatic rings. The highest BCUT2D eigenvalue weighted by atomic mass is 16.8. The quantitative estimate of drug-likeness (QED) is 0.178. The second-order valence-corrected chi connectivity index (χ2v) is 35.0. The molecular formula is C80H115NO22. The highest BCUT2D eigenvalue weighted by Gasteiger charge is 2.71. The summed E-state index contributed by atoms with van der Waals surface area (Å²) in [7, 11) is 3.32. The van der Waals surface area contributed by atoms with Gasteiger partial charge in [0.25, 0.3) is 0 Å². The number of ether oxygens (including phenoxy) is 18. The molecule has 572 valence electrons. The van der Waals surface area contributed by atoms with Gasteiger partial charge in [-0.3, -0.25) is 9.59 Å². The molecule has 0 radical (unpaired) electrons. The molecule has 23 nitrogen and oxygen atoms in total. The Morgan fingerprint density at radius 1 is 0.408 bits per heavy atom. The number of methoxy groups -OCH3 is 2. The Morgan fingerprint density at radius 2 is 0.796 bits per heavy atom. The van der Waals surface area contributed by atoms with Crippen molar-refractivity contribution in [3.63, 3.8) is 0 Å². The number of rotatable bonds is 10. The van der Waals surface area contributed by atoms with Crippen LogP contribution in [-0.2, 0) is 94.9 Å². The van der Waals surface area contributed by atoms with Gasteiger partial charge >= 0.3 is 0 Å². The zero-order chi connectivity index (χ0) is 70.5. The van der Waals surface area contributed by atoms with Crippen LogP contribution in [-0.4, -0.2) is 256 Å². The van der Waals surface area contributed by atoms with E-state index in [0.29, 0.717) is 51.4 Å². The molecule has 20 aliphatic heterocycles. The lowest BCUT2D eigenvalue weighted by Gasteiger charge is -2.47. The van der Waals surface area contributed by atoms with E-state index in [1.54, 1.807) is 14.2 Å². The van der Waals surface area contributed by atoms with Gasteiger partial charge in [0.1, 0.15) is 72.6 Å². The standard InChI is InChI=1S/C80H115NO22/c1-37-21-47-9-13-55-39(3)23-51(88-55)17-19-79-33-65-71(100-79)73-75(98-65)77(102-79)69-57(96-73)15-11-49(92-69)25-43(82)27-53-61(31-59(90-47)41(37)5)94-63(67(53)86-7)29-45(84)35-81-36-46(85)30-64-68(87-8)54-28-44(83)26-50-12-16-58-70(93-50)78-76-74(97-58)72-66(99-76)34-80(101-72,103-78)20-18-52-24-40(4)56(89-52)14-10-48-22-38(2)42(6)60(91-48)32-62(54)95-64/h37-38,45-78,81,84-85H,3-6,9-36H2,1-2,7-8H3/t37-,38-,45+,46+,47+,48+,49-,50-,51+,52+,53+,54+,55+,56+,57+,58+,59-,60-,61+,62+,63-,64-,65-,66-,67-,68-,69+,70+,71+,72+,73+,74+,75-,76-,77+,78+,79+,80+/m1/s1. The van der Waals surface area contributed by atoms with E-state index in [9.17, 15) is 19.8 Å². The van der Waals surface area contributed by atoms with Gasteiger partial charge in [-0.1, -0.05) is 40.2 Å². The van der Waals surface area contributed by atoms with E-state index in [4.69, 9.17) is 85.3 Å². The summed E-state index contributed by atoms with van der Waals surface area (Å²) in [6, 6.07) is 0. The van der Waals surface area contributed by atoms with Crippen molar-refractivity contribution in [1.29, 1.82) is 0 Å². The maximum Gasteiger partial charge on any atom is 0.172 e. The summed E-state index contributed by atoms with van der Waals surface area (Å²) < 4.78 is 123. The third-order valence-corrected chi connectivity index (χ3v) is 28.2. The Morgan fingerprint density at radius 3 is 1.23 bits per heavy atom. The van der Waals surface area contributed by atoms with Gasteiger partial charge in [-0.25, -0.2) is 0 Å². The summed E-state index contributed by atoms with van der Waals surface area (Å²) in [6.07, 6.45) is 5.18. The number of hydrogen-bond acceptors (Lipinski definition) is 23. The van der Waals surface area contributed by atoms with E-state index in [2.05, 4.69) is 45.5 Å². The summed E-state index contributed by atoms with van der Waals surface area (Å²) in [5.41, 5.74) is 4.24. The number of aliphatic hydroxyl groups is 2. The van der Waals surface area contributed by atoms with E-state index in [-0.39, 0.29) is 209 Å². The molecular weight excluding hydrogens is 1330 g/mol. The maximum absolute atomic E-state index is 14.8. The van der Waals surface area contributed by atoms with Crippen molar-refractivity contribution in [2.75, 3.05) is 27.3 Å². The zero-order valence-electron chi connectivity index (χ0n) is 61.0. The first-order valence-electron chi connectivity index (χ1n) is 40.2. The van der Waals surface area contributed by atoms with E-state index in [1.807, 2.05) is 0 Å². The van der Waals surface area contributed by atoms with Crippen molar-refractivity contribution in [3.05, 3.63) is 48.6 Å². The Bertz CT molecular complexity index is 2970. The highest BCUT2D eigenvalue weighted by molar-refractivity contribution is 5.80. The van der Waals surface area contributed by atoms with Crippen LogP contribution in [0.2, 0.25) is 0 Å². The molecule has 20 rings (SSSR count). The molecule has 0 amide bonds. The number of carbonyl (C=O) groups is 2. The third kappa shape index (κ3) is 13.8. The van der Waals surface area contributed by atoms with Crippen molar-refractivity contribution in [3.8, 4) is 0 Å². The SMILES string of the molecule is C=C1C[C@@H]2CC[C@@]34C[C@H]5O[C@H]6[C@@H](O3)[C@H]3O[C@H](CC[C@@H]3O[C@H]6[C@H]5O4)CC(=O)C[C@@H]3[C@@H](OC)[C@@H](C[C@H](O)CNC[C@@H](O)C[C@H]4O[C@H]5C[C@H]6O[C@@H](CC[C@@H]7O[C@@H](CC[C@@]89C[C@H]%10O[C@H]%11[C@@H](O8)[C@H]8O[C@H](CC[C@@H]8O[C@H]%11[C@H]%10O9)CC(=O)C[C@@H]5[C@H]4OC)CC7=C)C[C@@H](C)C6=C)O[C@H]3C[C@H]3O[C@@H](CC[C@@H]1O2)C[C@@H](C)C3=C. The van der Waals surface area contributed by atoms with Crippen LogP contribution < -0.4 is 5.32 Å². The van der Waals surface area contributed by atoms with Crippen molar-refractivity contribution in [2.24, 2.45) is 23.7 Å².